The molecule has 0 aromatic carbocycles. The number of unbranched alkanes of at least 4 members (excludes halogenated alkanes) is 10. The number of phosphoric acid groups is 1. The molecule has 0 aliphatic carbocycles. The Morgan fingerprint density at radius 2 is 1.45 bits per heavy atom. The summed E-state index contributed by atoms with van der Waals surface area (Å²) in [7, 11) is -4.21. The maximum Gasteiger partial charge on any atom is 0.267 e. The Bertz CT molecular complexity index is 515. The number of hydrogen-bond donors (Lipinski definition) is 0. The van der Waals surface area contributed by atoms with Gasteiger partial charge in [-0.1, -0.05) is 82.5 Å². The fraction of sp³-hybridized carbons (Fsp3) is 0.857. The summed E-state index contributed by atoms with van der Waals surface area (Å²) in [5.74, 6) is 0. The van der Waals surface area contributed by atoms with Crippen LogP contribution in [0.15, 0.2) is 11.6 Å². The Balaban J connectivity index is 1.79. The van der Waals surface area contributed by atoms with E-state index in [1.807, 2.05) is 11.6 Å². The predicted molar refractivity (Wildman–Crippen MR) is 116 cm³/mol. The van der Waals surface area contributed by atoms with Crippen molar-refractivity contribution in [1.29, 1.82) is 0 Å². The SMILES string of the molecule is CCCCCCCCCCCCCOCCCOP(=O)([O-])OCCc1[nH+]ccs1. The molecule has 170 valence electrons. The second-order valence-corrected chi connectivity index (χ2v) is 9.76. The highest BCUT2D eigenvalue weighted by Gasteiger charge is 2.11. The average molecular weight is 450 g/mol. The smallest absolute Gasteiger partial charge is 0.267 e. The van der Waals surface area contributed by atoms with Crippen LogP contribution in [0.4, 0.5) is 0 Å². The van der Waals surface area contributed by atoms with Crippen LogP contribution in [-0.4, -0.2) is 26.4 Å². The molecule has 1 N–H and O–H groups in total. The lowest BCUT2D eigenvalue weighted by atomic mass is 10.1. The van der Waals surface area contributed by atoms with E-state index >= 15 is 0 Å². The molecule has 0 amide bonds. The number of thiazole rings is 1. The number of H-pyrrole nitrogens is 1. The number of aromatic amines is 1. The second-order valence-electron chi connectivity index (χ2n) is 7.35. The highest BCUT2D eigenvalue weighted by atomic mass is 32.1. The summed E-state index contributed by atoms with van der Waals surface area (Å²) in [6, 6.07) is 0. The van der Waals surface area contributed by atoms with E-state index in [2.05, 4.69) is 11.9 Å². The van der Waals surface area contributed by atoms with E-state index in [0.717, 1.165) is 18.0 Å². The van der Waals surface area contributed by atoms with Crippen LogP contribution in [0.1, 0.15) is 89.0 Å². The number of nitrogens with one attached hydrogen (secondary N) is 1. The Kier molecular flexibility index (Phi) is 17.0. The summed E-state index contributed by atoms with van der Waals surface area (Å²) in [6.07, 6.45) is 17.4. The lowest BCUT2D eigenvalue weighted by molar-refractivity contribution is -0.382. The van der Waals surface area contributed by atoms with Gasteiger partial charge in [0.25, 0.3) is 7.82 Å². The minimum atomic E-state index is -4.21. The third-order valence-corrected chi connectivity index (χ3v) is 6.55. The molecule has 8 heteroatoms. The van der Waals surface area contributed by atoms with Gasteiger partial charge in [0.2, 0.25) is 5.01 Å². The summed E-state index contributed by atoms with van der Waals surface area (Å²) in [6.45, 7) is 3.70. The van der Waals surface area contributed by atoms with Gasteiger partial charge < -0.3 is 18.7 Å². The van der Waals surface area contributed by atoms with Crippen molar-refractivity contribution in [2.75, 3.05) is 26.4 Å². The quantitative estimate of drug-likeness (QED) is 0.187. The van der Waals surface area contributed by atoms with E-state index in [0.29, 0.717) is 19.4 Å². The van der Waals surface area contributed by atoms with Gasteiger partial charge in [-0.05, 0) is 12.8 Å². The molecule has 0 radical (unpaired) electrons. The highest BCUT2D eigenvalue weighted by Crippen LogP contribution is 2.38. The van der Waals surface area contributed by atoms with Crippen molar-refractivity contribution < 1.29 is 28.2 Å². The molecule has 1 aromatic heterocycles. The van der Waals surface area contributed by atoms with E-state index in [1.54, 1.807) is 0 Å². The van der Waals surface area contributed by atoms with Crippen LogP contribution in [0.2, 0.25) is 0 Å². The fourth-order valence-electron chi connectivity index (χ4n) is 3.00. The van der Waals surface area contributed by atoms with E-state index in [1.165, 1.54) is 75.5 Å². The minimum Gasteiger partial charge on any atom is -0.756 e. The van der Waals surface area contributed by atoms with Crippen molar-refractivity contribution in [1.82, 2.24) is 0 Å². The Labute approximate surface area is 181 Å². The molecule has 0 saturated carbocycles. The molecule has 6 nitrogen and oxygen atoms in total. The van der Waals surface area contributed by atoms with Gasteiger partial charge in [-0.3, -0.25) is 4.57 Å². The first kappa shape index (κ1) is 26.7. The Hall–Kier alpha value is -0.300. The first-order chi connectivity index (χ1) is 14.1. The molecule has 0 fully saturated rings. The zero-order valence-corrected chi connectivity index (χ0v) is 19.8. The molecular formula is C21H40NO5PS. The number of phosphoric ester groups is 1. The third kappa shape index (κ3) is 17.1. The maximum absolute atomic E-state index is 11.6. The molecule has 1 rings (SSSR count). The number of ether oxygens (including phenoxy) is 1. The van der Waals surface area contributed by atoms with Crippen LogP contribution in [-0.2, 0) is 24.8 Å². The minimum absolute atomic E-state index is 0.0904. The van der Waals surface area contributed by atoms with E-state index in [9.17, 15) is 9.46 Å². The summed E-state index contributed by atoms with van der Waals surface area (Å²) < 4.78 is 26.9. The highest BCUT2D eigenvalue weighted by molar-refractivity contribution is 7.45. The Morgan fingerprint density at radius 1 is 0.862 bits per heavy atom. The molecule has 29 heavy (non-hydrogen) atoms. The van der Waals surface area contributed by atoms with Gasteiger partial charge in [-0.25, -0.2) is 4.98 Å². The number of rotatable bonds is 21. The fourth-order valence-corrected chi connectivity index (χ4v) is 4.38. The Morgan fingerprint density at radius 3 is 2.07 bits per heavy atom. The van der Waals surface area contributed by atoms with Gasteiger partial charge in [0.05, 0.1) is 25.0 Å². The molecule has 0 spiro atoms. The monoisotopic (exact) mass is 449 g/mol. The van der Waals surface area contributed by atoms with Gasteiger partial charge in [0.1, 0.15) is 0 Å². The number of aromatic nitrogens is 1. The lowest BCUT2D eigenvalue weighted by Gasteiger charge is -2.22. The molecule has 1 aromatic rings. The van der Waals surface area contributed by atoms with E-state index in [-0.39, 0.29) is 13.2 Å². The van der Waals surface area contributed by atoms with Crippen LogP contribution < -0.4 is 9.88 Å². The molecule has 1 heterocycles. The van der Waals surface area contributed by atoms with Crippen molar-refractivity contribution in [3.63, 3.8) is 0 Å². The van der Waals surface area contributed by atoms with Crippen LogP contribution in [0, 0.1) is 0 Å². The molecule has 0 saturated heterocycles. The van der Waals surface area contributed by atoms with Gasteiger partial charge in [-0.15, -0.1) is 0 Å². The maximum atomic E-state index is 11.6. The largest absolute Gasteiger partial charge is 0.756 e. The normalized spacial score (nSPS) is 13.6. The topological polar surface area (TPSA) is 82.0 Å². The molecule has 1 atom stereocenters. The summed E-state index contributed by atoms with van der Waals surface area (Å²) in [4.78, 5) is 14.7. The summed E-state index contributed by atoms with van der Waals surface area (Å²) in [5, 5.41) is 2.87. The van der Waals surface area contributed by atoms with Crippen LogP contribution in [0.5, 0.6) is 0 Å². The van der Waals surface area contributed by atoms with Gasteiger partial charge >= 0.3 is 0 Å². The van der Waals surface area contributed by atoms with Crippen molar-refractivity contribution in [2.45, 2.75) is 90.4 Å². The number of hydrogen-bond acceptors (Lipinski definition) is 6. The average Bonchev–Trinajstić information content (AvgIpc) is 3.21. The second kappa shape index (κ2) is 18.5. The molecular weight excluding hydrogens is 409 g/mol. The first-order valence-electron chi connectivity index (χ1n) is 11.3. The van der Waals surface area contributed by atoms with Crippen LogP contribution >= 0.6 is 19.2 Å². The predicted octanol–water partition coefficient (Wildman–Crippen LogP) is 5.32. The standard InChI is InChI=1S/C21H40NO5PS/c1-2-3-4-5-6-7-8-9-10-11-12-16-25-17-13-18-26-28(23,24)27-19-14-21-22-15-20-29-21/h15,20H,2-14,16-19H2,1H3,(H,23,24). The van der Waals surface area contributed by atoms with Crippen LogP contribution in [0.25, 0.3) is 0 Å². The summed E-state index contributed by atoms with van der Waals surface area (Å²) in [5.41, 5.74) is 0. The third-order valence-electron chi connectivity index (χ3n) is 4.68. The van der Waals surface area contributed by atoms with Gasteiger partial charge in [0.15, 0.2) is 6.20 Å². The zero-order valence-electron chi connectivity index (χ0n) is 18.1. The van der Waals surface area contributed by atoms with Crippen molar-refractivity contribution >= 4 is 19.2 Å². The van der Waals surface area contributed by atoms with Crippen molar-refractivity contribution in [3.8, 4) is 0 Å². The summed E-state index contributed by atoms with van der Waals surface area (Å²) >= 11 is 1.53. The van der Waals surface area contributed by atoms with Gasteiger partial charge in [0, 0.05) is 13.2 Å². The molecule has 0 aliphatic rings. The van der Waals surface area contributed by atoms with Crippen molar-refractivity contribution in [3.05, 3.63) is 16.6 Å². The molecule has 0 aliphatic heterocycles. The van der Waals surface area contributed by atoms with Gasteiger partial charge in [-0.2, -0.15) is 0 Å². The van der Waals surface area contributed by atoms with Crippen LogP contribution in [0.3, 0.4) is 0 Å². The zero-order chi connectivity index (χ0) is 21.0. The molecule has 1 unspecified atom stereocenters. The molecule has 0 bridgehead atoms. The van der Waals surface area contributed by atoms with E-state index in [4.69, 9.17) is 13.8 Å². The first-order valence-corrected chi connectivity index (χ1v) is 13.6. The van der Waals surface area contributed by atoms with E-state index < -0.39 is 7.82 Å². The van der Waals surface area contributed by atoms with Crippen molar-refractivity contribution in [2.24, 2.45) is 0 Å². The lowest BCUT2D eigenvalue weighted by Crippen LogP contribution is -2.13.